The number of hydrogen-bond donors (Lipinski definition) is 0. The van der Waals surface area contributed by atoms with Gasteiger partial charge in [-0.05, 0) is 42.7 Å². The zero-order valence-electron chi connectivity index (χ0n) is 11.2. The Morgan fingerprint density at radius 1 is 1.11 bits per heavy atom. The average Bonchev–Trinajstić information content (AvgIpc) is 2.38. The minimum absolute atomic E-state index is 0.0836. The number of hydrogen-bond acceptors (Lipinski definition) is 2. The molecule has 0 radical (unpaired) electrons. The second-order valence-corrected chi connectivity index (χ2v) is 4.97. The van der Waals surface area contributed by atoms with Gasteiger partial charge in [0.1, 0.15) is 11.2 Å². The Kier molecular flexibility index (Phi) is 2.86. The molecule has 3 aromatic rings. The summed E-state index contributed by atoms with van der Waals surface area (Å²) in [7, 11) is 0. The molecular weight excluding hydrogens is 236 g/mol. The van der Waals surface area contributed by atoms with Gasteiger partial charge < -0.3 is 4.42 Å². The fourth-order valence-electron chi connectivity index (χ4n) is 2.63. The molecule has 1 aromatic heterocycles. The zero-order chi connectivity index (χ0) is 13.4. The third kappa shape index (κ3) is 1.93. The lowest BCUT2D eigenvalue weighted by atomic mass is 10.0. The lowest BCUT2D eigenvalue weighted by molar-refractivity contribution is 0.658. The van der Waals surface area contributed by atoms with Crippen LogP contribution in [0.2, 0.25) is 0 Å². The van der Waals surface area contributed by atoms with Crippen molar-refractivity contribution in [3.63, 3.8) is 0 Å². The third-order valence-electron chi connectivity index (χ3n) is 3.43. The van der Waals surface area contributed by atoms with E-state index in [1.54, 1.807) is 0 Å². The van der Waals surface area contributed by atoms with Crippen molar-refractivity contribution < 1.29 is 4.42 Å². The lowest BCUT2D eigenvalue weighted by Crippen LogP contribution is -2.05. The summed E-state index contributed by atoms with van der Waals surface area (Å²) in [5, 5.41) is 1.40. The first-order valence-corrected chi connectivity index (χ1v) is 6.66. The van der Waals surface area contributed by atoms with E-state index in [1.165, 1.54) is 0 Å². The van der Waals surface area contributed by atoms with E-state index < -0.39 is 0 Å². The maximum atomic E-state index is 12.6. The zero-order valence-corrected chi connectivity index (χ0v) is 11.2. The second kappa shape index (κ2) is 4.54. The summed E-state index contributed by atoms with van der Waals surface area (Å²) < 4.78 is 5.89. The molecule has 0 amide bonds. The maximum absolute atomic E-state index is 12.6. The summed E-state index contributed by atoms with van der Waals surface area (Å²) in [5.74, 6) is 0. The van der Waals surface area contributed by atoms with Crippen molar-refractivity contribution in [3.05, 3.63) is 57.7 Å². The van der Waals surface area contributed by atoms with Crippen LogP contribution in [0.15, 0.2) is 45.6 Å². The molecule has 1 heterocycles. The van der Waals surface area contributed by atoms with Crippen LogP contribution in [0, 0.1) is 6.92 Å². The van der Waals surface area contributed by atoms with Crippen LogP contribution in [0.4, 0.5) is 0 Å². The van der Waals surface area contributed by atoms with Gasteiger partial charge >= 0.3 is 0 Å². The highest BCUT2D eigenvalue weighted by atomic mass is 16.3. The van der Waals surface area contributed by atoms with Crippen molar-refractivity contribution in [1.29, 1.82) is 0 Å². The second-order valence-electron chi connectivity index (χ2n) is 4.97. The van der Waals surface area contributed by atoms with Crippen LogP contribution in [0.25, 0.3) is 21.9 Å². The summed E-state index contributed by atoms with van der Waals surface area (Å²) in [5.41, 5.74) is 3.67. The SMILES string of the molecule is CCCc1cc(C)cc2oc3ccccc3c(=O)c12. The monoisotopic (exact) mass is 252 g/mol. The molecule has 0 atom stereocenters. The van der Waals surface area contributed by atoms with Gasteiger partial charge in [0.2, 0.25) is 5.43 Å². The van der Waals surface area contributed by atoms with Gasteiger partial charge in [0, 0.05) is 0 Å². The normalized spacial score (nSPS) is 11.3. The Balaban J connectivity index is 2.51. The quantitative estimate of drug-likeness (QED) is 0.640. The Morgan fingerprint density at radius 2 is 1.89 bits per heavy atom. The molecule has 96 valence electrons. The van der Waals surface area contributed by atoms with Gasteiger partial charge in [0.25, 0.3) is 0 Å². The van der Waals surface area contributed by atoms with Gasteiger partial charge in [-0.15, -0.1) is 0 Å². The first-order chi connectivity index (χ1) is 9.20. The van der Waals surface area contributed by atoms with Gasteiger partial charge in [-0.3, -0.25) is 4.79 Å². The first kappa shape index (κ1) is 12.0. The lowest BCUT2D eigenvalue weighted by Gasteiger charge is -2.07. The number of aryl methyl sites for hydroxylation is 2. The largest absolute Gasteiger partial charge is 0.456 e. The van der Waals surface area contributed by atoms with Crippen LogP contribution < -0.4 is 5.43 Å². The summed E-state index contributed by atoms with van der Waals surface area (Å²) in [6.07, 6.45) is 1.92. The topological polar surface area (TPSA) is 30.2 Å². The summed E-state index contributed by atoms with van der Waals surface area (Å²) >= 11 is 0. The number of para-hydroxylation sites is 1. The third-order valence-corrected chi connectivity index (χ3v) is 3.43. The fraction of sp³-hybridized carbons (Fsp3) is 0.235. The number of rotatable bonds is 2. The summed E-state index contributed by atoms with van der Waals surface area (Å²) in [6, 6.07) is 11.5. The molecule has 0 aliphatic heterocycles. The van der Waals surface area contributed by atoms with Gasteiger partial charge in [0.15, 0.2) is 0 Å². The molecule has 0 saturated heterocycles. The molecule has 0 N–H and O–H groups in total. The maximum Gasteiger partial charge on any atom is 0.200 e. The number of fused-ring (bicyclic) bond motifs is 2. The van der Waals surface area contributed by atoms with Crippen molar-refractivity contribution in [1.82, 2.24) is 0 Å². The van der Waals surface area contributed by atoms with Crippen LogP contribution in [0.1, 0.15) is 24.5 Å². The minimum atomic E-state index is 0.0836. The van der Waals surface area contributed by atoms with Crippen molar-refractivity contribution in [2.45, 2.75) is 26.7 Å². The van der Waals surface area contributed by atoms with Crippen molar-refractivity contribution in [2.24, 2.45) is 0 Å². The molecule has 0 aliphatic carbocycles. The Labute approximate surface area is 111 Å². The standard InChI is InChI=1S/C17H16O2/c1-3-6-12-9-11(2)10-15-16(12)17(18)13-7-4-5-8-14(13)19-15/h4-5,7-10H,3,6H2,1-2H3. The summed E-state index contributed by atoms with van der Waals surface area (Å²) in [6.45, 7) is 4.16. The van der Waals surface area contributed by atoms with E-state index in [1.807, 2.05) is 37.3 Å². The average molecular weight is 252 g/mol. The molecule has 19 heavy (non-hydrogen) atoms. The van der Waals surface area contributed by atoms with Gasteiger partial charge in [-0.2, -0.15) is 0 Å². The summed E-state index contributed by atoms with van der Waals surface area (Å²) in [4.78, 5) is 12.6. The molecule has 0 saturated carbocycles. The van der Waals surface area contributed by atoms with E-state index in [-0.39, 0.29) is 5.43 Å². The van der Waals surface area contributed by atoms with E-state index in [2.05, 4.69) is 13.0 Å². The van der Waals surface area contributed by atoms with E-state index >= 15 is 0 Å². The molecule has 2 heteroatoms. The molecule has 0 bridgehead atoms. The van der Waals surface area contributed by atoms with Crippen molar-refractivity contribution in [2.75, 3.05) is 0 Å². The highest BCUT2D eigenvalue weighted by Crippen LogP contribution is 2.23. The molecule has 2 aromatic carbocycles. The number of benzene rings is 2. The van der Waals surface area contributed by atoms with Crippen LogP contribution >= 0.6 is 0 Å². The van der Waals surface area contributed by atoms with Crippen LogP contribution in [0.3, 0.4) is 0 Å². The van der Waals surface area contributed by atoms with E-state index in [0.29, 0.717) is 16.6 Å². The van der Waals surface area contributed by atoms with E-state index in [9.17, 15) is 4.79 Å². The van der Waals surface area contributed by atoms with Gasteiger partial charge in [0.05, 0.1) is 10.8 Å². The molecular formula is C17H16O2. The predicted molar refractivity (Wildman–Crippen MR) is 78.7 cm³/mol. The van der Waals surface area contributed by atoms with Crippen molar-refractivity contribution >= 4 is 21.9 Å². The molecule has 2 nitrogen and oxygen atoms in total. The highest BCUT2D eigenvalue weighted by molar-refractivity contribution is 5.91. The Bertz CT molecular complexity index is 812. The molecule has 0 aliphatic rings. The van der Waals surface area contributed by atoms with Crippen molar-refractivity contribution in [3.8, 4) is 0 Å². The van der Waals surface area contributed by atoms with Gasteiger partial charge in [-0.1, -0.05) is 31.5 Å². The van der Waals surface area contributed by atoms with Crippen LogP contribution in [0.5, 0.6) is 0 Å². The van der Waals surface area contributed by atoms with E-state index in [4.69, 9.17) is 4.42 Å². The minimum Gasteiger partial charge on any atom is -0.456 e. The first-order valence-electron chi connectivity index (χ1n) is 6.66. The van der Waals surface area contributed by atoms with E-state index in [0.717, 1.165) is 29.4 Å². The highest BCUT2D eigenvalue weighted by Gasteiger charge is 2.11. The smallest absolute Gasteiger partial charge is 0.200 e. The van der Waals surface area contributed by atoms with Gasteiger partial charge in [-0.25, -0.2) is 0 Å². The molecule has 3 rings (SSSR count). The molecule has 0 fully saturated rings. The molecule has 0 unspecified atom stereocenters. The molecule has 0 spiro atoms. The fourth-order valence-corrected chi connectivity index (χ4v) is 2.63. The Morgan fingerprint density at radius 3 is 2.68 bits per heavy atom. The predicted octanol–water partition coefficient (Wildman–Crippen LogP) is 4.21. The Hall–Kier alpha value is -2.09. The van der Waals surface area contributed by atoms with Crippen LogP contribution in [-0.4, -0.2) is 0 Å². The van der Waals surface area contributed by atoms with Crippen LogP contribution in [-0.2, 0) is 6.42 Å².